The van der Waals surface area contributed by atoms with Gasteiger partial charge >= 0.3 is 5.97 Å². The third-order valence-electron chi connectivity index (χ3n) is 5.36. The Hall–Kier alpha value is -3.62. The van der Waals surface area contributed by atoms with Gasteiger partial charge in [-0.15, -0.1) is 0 Å². The number of carbonyl (C=O) groups is 2. The first kappa shape index (κ1) is 19.7. The zero-order valence-corrected chi connectivity index (χ0v) is 16.7. The first-order valence-electron chi connectivity index (χ1n) is 9.81. The summed E-state index contributed by atoms with van der Waals surface area (Å²) in [6.07, 6.45) is 3.44. The van der Waals surface area contributed by atoms with Crippen LogP contribution in [0, 0.1) is 0 Å². The van der Waals surface area contributed by atoms with Crippen LogP contribution in [0.2, 0.25) is 0 Å². The third kappa shape index (κ3) is 3.91. The van der Waals surface area contributed by atoms with Crippen molar-refractivity contribution in [1.29, 1.82) is 0 Å². The van der Waals surface area contributed by atoms with Crippen LogP contribution in [0.25, 0.3) is 11.3 Å². The molecule has 0 spiro atoms. The highest BCUT2D eigenvalue weighted by atomic mass is 16.5. The summed E-state index contributed by atoms with van der Waals surface area (Å²) in [4.78, 5) is 40.8. The molecule has 0 unspecified atom stereocenters. The lowest BCUT2D eigenvalue weighted by Crippen LogP contribution is -2.48. The SMILES string of the molecule is COC(=O)c1cn(CCC(=O)N2CCN(c3ccccc3)CC2)cc2c(=O)[nH]nc1-2. The van der Waals surface area contributed by atoms with Gasteiger partial charge in [-0.3, -0.25) is 9.59 Å². The van der Waals surface area contributed by atoms with Gasteiger partial charge in [-0.25, -0.2) is 9.89 Å². The number of rotatable bonds is 5. The maximum atomic E-state index is 12.7. The highest BCUT2D eigenvalue weighted by Crippen LogP contribution is 2.21. The van der Waals surface area contributed by atoms with Gasteiger partial charge < -0.3 is 19.1 Å². The fraction of sp³-hybridized carbons (Fsp3) is 0.333. The summed E-state index contributed by atoms with van der Waals surface area (Å²) in [6.45, 7) is 3.25. The number of amides is 1. The van der Waals surface area contributed by atoms with Crippen LogP contribution in [0.15, 0.2) is 47.5 Å². The lowest BCUT2D eigenvalue weighted by molar-refractivity contribution is -0.131. The van der Waals surface area contributed by atoms with E-state index in [-0.39, 0.29) is 29.1 Å². The second-order valence-electron chi connectivity index (χ2n) is 7.17. The second kappa shape index (κ2) is 8.40. The van der Waals surface area contributed by atoms with Crippen LogP contribution in [0.4, 0.5) is 5.69 Å². The highest BCUT2D eigenvalue weighted by molar-refractivity contribution is 5.95. The molecule has 1 saturated heterocycles. The van der Waals surface area contributed by atoms with Crippen molar-refractivity contribution in [3.8, 4) is 11.3 Å². The molecule has 0 aliphatic carbocycles. The number of aromatic amines is 1. The molecule has 30 heavy (non-hydrogen) atoms. The van der Waals surface area contributed by atoms with Crippen molar-refractivity contribution >= 4 is 17.6 Å². The number of esters is 1. The van der Waals surface area contributed by atoms with E-state index in [1.807, 2.05) is 23.1 Å². The molecule has 3 aliphatic rings. The van der Waals surface area contributed by atoms with E-state index in [1.165, 1.54) is 7.11 Å². The van der Waals surface area contributed by atoms with E-state index in [0.717, 1.165) is 18.8 Å². The topological polar surface area (TPSA) is 101 Å². The number of pyridine rings is 1. The smallest absolute Gasteiger partial charge is 0.341 e. The second-order valence-corrected chi connectivity index (χ2v) is 7.17. The maximum Gasteiger partial charge on any atom is 0.341 e. The van der Waals surface area contributed by atoms with Gasteiger partial charge in [0.2, 0.25) is 5.91 Å². The van der Waals surface area contributed by atoms with Crippen molar-refractivity contribution in [3.05, 3.63) is 58.6 Å². The van der Waals surface area contributed by atoms with E-state index in [9.17, 15) is 14.4 Å². The number of anilines is 1. The molecule has 1 amide bonds. The number of aryl methyl sites for hydroxylation is 1. The molecular formula is C21H23N5O4. The van der Waals surface area contributed by atoms with Crippen LogP contribution in [0.3, 0.4) is 0 Å². The summed E-state index contributed by atoms with van der Waals surface area (Å²) in [7, 11) is 1.27. The van der Waals surface area contributed by atoms with Gasteiger partial charge in [0.25, 0.3) is 5.56 Å². The van der Waals surface area contributed by atoms with Crippen LogP contribution < -0.4 is 10.5 Å². The number of nitrogens with zero attached hydrogens (tertiary/aromatic N) is 4. The molecule has 0 bridgehead atoms. The number of aromatic nitrogens is 3. The molecule has 1 aromatic carbocycles. The minimum atomic E-state index is -0.579. The van der Waals surface area contributed by atoms with Crippen molar-refractivity contribution in [3.63, 3.8) is 0 Å². The summed E-state index contributed by atoms with van der Waals surface area (Å²) < 4.78 is 6.46. The molecular weight excluding hydrogens is 386 g/mol. The van der Waals surface area contributed by atoms with Crippen molar-refractivity contribution < 1.29 is 14.3 Å². The number of H-pyrrole nitrogens is 1. The zero-order valence-electron chi connectivity index (χ0n) is 16.7. The van der Waals surface area contributed by atoms with E-state index in [2.05, 4.69) is 27.2 Å². The Morgan fingerprint density at radius 2 is 1.83 bits per heavy atom. The summed E-state index contributed by atoms with van der Waals surface area (Å²) >= 11 is 0. The maximum absolute atomic E-state index is 12.7. The first-order valence-corrected chi connectivity index (χ1v) is 9.81. The number of piperazine rings is 1. The van der Waals surface area contributed by atoms with Crippen LogP contribution in [-0.2, 0) is 16.1 Å². The van der Waals surface area contributed by atoms with Crippen LogP contribution in [-0.4, -0.2) is 64.8 Å². The Morgan fingerprint density at radius 3 is 2.53 bits per heavy atom. The number of ether oxygens (including phenoxy) is 1. The summed E-state index contributed by atoms with van der Waals surface area (Å²) in [6, 6.07) is 10.2. The Kier molecular flexibility index (Phi) is 5.51. The molecule has 1 N–H and O–H groups in total. The predicted octanol–water partition coefficient (Wildman–Crippen LogP) is 1.20. The van der Waals surface area contributed by atoms with Crippen molar-refractivity contribution in [1.82, 2.24) is 19.7 Å². The Bertz CT molecular complexity index is 1070. The van der Waals surface area contributed by atoms with Crippen LogP contribution in [0.1, 0.15) is 16.8 Å². The Labute approximate surface area is 173 Å². The molecule has 1 fully saturated rings. The Morgan fingerprint density at radius 1 is 1.10 bits per heavy atom. The van der Waals surface area contributed by atoms with Crippen molar-refractivity contribution in [2.75, 3.05) is 38.2 Å². The lowest BCUT2D eigenvalue weighted by Gasteiger charge is -2.36. The monoisotopic (exact) mass is 409 g/mol. The van der Waals surface area contributed by atoms with E-state index in [1.54, 1.807) is 17.0 Å². The summed E-state index contributed by atoms with van der Waals surface area (Å²) in [5.74, 6) is -0.534. The molecule has 1 aromatic rings. The van der Waals surface area contributed by atoms with Gasteiger partial charge in [-0.2, -0.15) is 5.10 Å². The Balaban J connectivity index is 1.40. The number of para-hydroxylation sites is 1. The average molecular weight is 409 g/mol. The molecule has 0 atom stereocenters. The zero-order chi connectivity index (χ0) is 21.1. The van der Waals surface area contributed by atoms with Gasteiger partial charge in [0.05, 0.1) is 12.7 Å². The number of benzene rings is 1. The standard InChI is InChI=1S/C21H23N5O4/c1-30-21(29)17-14-24(13-16-19(17)22-23-20(16)28)8-7-18(27)26-11-9-25(10-12-26)15-5-3-2-4-6-15/h2-6,13-14H,7-12H2,1H3,(H,23,28). The molecule has 9 heteroatoms. The van der Waals surface area contributed by atoms with E-state index in [0.29, 0.717) is 25.2 Å². The van der Waals surface area contributed by atoms with E-state index < -0.39 is 5.97 Å². The minimum absolute atomic E-state index is 0.0458. The first-order chi connectivity index (χ1) is 14.6. The van der Waals surface area contributed by atoms with Crippen molar-refractivity contribution in [2.24, 2.45) is 0 Å². The normalized spacial score (nSPS) is 14.2. The molecule has 3 aliphatic heterocycles. The lowest BCUT2D eigenvalue weighted by atomic mass is 10.1. The molecule has 3 heterocycles. The number of fused-ring (bicyclic) bond motifs is 1. The van der Waals surface area contributed by atoms with E-state index in [4.69, 9.17) is 4.74 Å². The van der Waals surface area contributed by atoms with Gasteiger partial charge in [-0.05, 0) is 12.1 Å². The largest absolute Gasteiger partial charge is 0.465 e. The quantitative estimate of drug-likeness (QED) is 0.636. The molecule has 4 rings (SSSR count). The summed E-state index contributed by atoms with van der Waals surface area (Å²) in [5.41, 5.74) is 1.54. The minimum Gasteiger partial charge on any atom is -0.465 e. The van der Waals surface area contributed by atoms with E-state index >= 15 is 0 Å². The molecule has 156 valence electrons. The van der Waals surface area contributed by atoms with Crippen LogP contribution >= 0.6 is 0 Å². The van der Waals surface area contributed by atoms with Gasteiger partial charge in [0, 0.05) is 57.2 Å². The highest BCUT2D eigenvalue weighted by Gasteiger charge is 2.23. The molecule has 0 radical (unpaired) electrons. The number of nitrogens with one attached hydrogen (secondary N) is 1. The number of hydrogen-bond acceptors (Lipinski definition) is 6. The molecule has 0 aromatic heterocycles. The third-order valence-corrected chi connectivity index (χ3v) is 5.36. The number of hydrogen-bond donors (Lipinski definition) is 1. The number of carbonyl (C=O) groups excluding carboxylic acids is 2. The van der Waals surface area contributed by atoms with Gasteiger partial charge in [-0.1, -0.05) is 18.2 Å². The predicted molar refractivity (Wildman–Crippen MR) is 111 cm³/mol. The van der Waals surface area contributed by atoms with Gasteiger partial charge in [0.1, 0.15) is 11.3 Å². The number of methoxy groups -OCH3 is 1. The van der Waals surface area contributed by atoms with Crippen LogP contribution in [0.5, 0.6) is 0 Å². The molecule has 0 saturated carbocycles. The molecule has 9 nitrogen and oxygen atoms in total. The van der Waals surface area contributed by atoms with Crippen molar-refractivity contribution in [2.45, 2.75) is 13.0 Å². The fourth-order valence-electron chi connectivity index (χ4n) is 3.71. The van der Waals surface area contributed by atoms with Gasteiger partial charge in [0.15, 0.2) is 0 Å². The fourth-order valence-corrected chi connectivity index (χ4v) is 3.71. The average Bonchev–Trinajstić information content (AvgIpc) is 3.17. The summed E-state index contributed by atoms with van der Waals surface area (Å²) in [5, 5.41) is 6.25.